The molecule has 1 amide bonds. The smallest absolute Gasteiger partial charge is 0.337 e. The first kappa shape index (κ1) is 24.5. The van der Waals surface area contributed by atoms with Gasteiger partial charge in [0.05, 0.1) is 36.6 Å². The summed E-state index contributed by atoms with van der Waals surface area (Å²) in [6.45, 7) is -0.511. The number of esters is 1. The summed E-state index contributed by atoms with van der Waals surface area (Å²) in [6, 6.07) is 20.6. The summed E-state index contributed by atoms with van der Waals surface area (Å²) in [4.78, 5) is 24.1. The van der Waals surface area contributed by atoms with E-state index in [0.717, 1.165) is 4.31 Å². The van der Waals surface area contributed by atoms with E-state index in [1.807, 2.05) is 0 Å². The Morgan fingerprint density at radius 3 is 2.32 bits per heavy atom. The molecule has 0 saturated heterocycles. The Labute approximate surface area is 197 Å². The zero-order valence-corrected chi connectivity index (χ0v) is 19.4. The van der Waals surface area contributed by atoms with Crippen molar-refractivity contribution in [2.45, 2.75) is 4.90 Å². The first-order chi connectivity index (χ1) is 16.3. The number of carbonyl (C=O) groups excluding carboxylic acids is 2. The molecule has 0 radical (unpaired) electrons. The molecule has 0 saturated carbocycles. The van der Waals surface area contributed by atoms with E-state index in [1.54, 1.807) is 60.7 Å². The Hall–Kier alpha value is -4.18. The Balaban J connectivity index is 1.78. The highest BCUT2D eigenvalue weighted by atomic mass is 32.2. The van der Waals surface area contributed by atoms with Crippen molar-refractivity contribution in [3.63, 3.8) is 0 Å². The molecule has 0 aliphatic rings. The zero-order valence-electron chi connectivity index (χ0n) is 18.5. The van der Waals surface area contributed by atoms with Gasteiger partial charge in [-0.1, -0.05) is 36.4 Å². The molecule has 10 heteroatoms. The number of hydrogen-bond donors (Lipinski definition) is 1. The number of hydrazone groups is 1. The van der Waals surface area contributed by atoms with E-state index in [4.69, 9.17) is 4.74 Å². The third kappa shape index (κ3) is 5.99. The van der Waals surface area contributed by atoms with Gasteiger partial charge in [-0.25, -0.2) is 18.6 Å². The number of amides is 1. The van der Waals surface area contributed by atoms with Crippen LogP contribution in [0.15, 0.2) is 88.9 Å². The van der Waals surface area contributed by atoms with Crippen LogP contribution in [-0.2, 0) is 19.6 Å². The van der Waals surface area contributed by atoms with E-state index < -0.39 is 28.4 Å². The van der Waals surface area contributed by atoms with Gasteiger partial charge in [0.2, 0.25) is 0 Å². The van der Waals surface area contributed by atoms with Crippen molar-refractivity contribution in [2.75, 3.05) is 25.1 Å². The summed E-state index contributed by atoms with van der Waals surface area (Å²) in [5.74, 6) is -0.668. The second kappa shape index (κ2) is 11.1. The van der Waals surface area contributed by atoms with Crippen LogP contribution in [0.5, 0.6) is 5.75 Å². The number of nitrogens with one attached hydrogen (secondary N) is 1. The lowest BCUT2D eigenvalue weighted by molar-refractivity contribution is -0.119. The van der Waals surface area contributed by atoms with Crippen LogP contribution in [-0.4, -0.2) is 47.3 Å². The van der Waals surface area contributed by atoms with E-state index >= 15 is 0 Å². The maximum Gasteiger partial charge on any atom is 0.337 e. The maximum absolute atomic E-state index is 13.3. The average Bonchev–Trinajstić information content (AvgIpc) is 2.87. The minimum Gasteiger partial charge on any atom is -0.497 e. The molecule has 176 valence electrons. The van der Waals surface area contributed by atoms with Crippen molar-refractivity contribution in [1.29, 1.82) is 0 Å². The number of rotatable bonds is 9. The van der Waals surface area contributed by atoms with Crippen molar-refractivity contribution in [3.05, 3.63) is 90.0 Å². The van der Waals surface area contributed by atoms with E-state index in [9.17, 15) is 18.0 Å². The molecule has 34 heavy (non-hydrogen) atoms. The molecule has 0 aliphatic heterocycles. The van der Waals surface area contributed by atoms with Gasteiger partial charge < -0.3 is 9.47 Å². The molecule has 0 bridgehead atoms. The van der Waals surface area contributed by atoms with Crippen LogP contribution in [0.4, 0.5) is 5.69 Å². The molecule has 3 rings (SSSR count). The summed E-state index contributed by atoms with van der Waals surface area (Å²) >= 11 is 0. The molecule has 0 aliphatic carbocycles. The fourth-order valence-corrected chi connectivity index (χ4v) is 4.40. The summed E-state index contributed by atoms with van der Waals surface area (Å²) in [5, 5.41) is 3.88. The van der Waals surface area contributed by atoms with Gasteiger partial charge >= 0.3 is 5.97 Å². The molecule has 0 fully saturated rings. The molecule has 1 N–H and O–H groups in total. The van der Waals surface area contributed by atoms with Crippen molar-refractivity contribution in [3.8, 4) is 5.75 Å². The number of nitrogens with zero attached hydrogens (tertiary/aromatic N) is 2. The standard InChI is InChI=1S/C24H23N3O6S/c1-32-21-8-6-7-20(15-21)27(34(30,31)22-9-4-3-5-10-22)17-23(28)26-25-16-18-11-13-19(14-12-18)24(29)33-2/h3-16H,17H2,1-2H3,(H,26,28)/b25-16-. The Bertz CT molecular complexity index is 1280. The van der Waals surface area contributed by atoms with Crippen LogP contribution in [0.2, 0.25) is 0 Å². The summed E-state index contributed by atoms with van der Waals surface area (Å²) in [6.07, 6.45) is 1.38. The minimum atomic E-state index is -4.05. The highest BCUT2D eigenvalue weighted by Gasteiger charge is 2.27. The van der Waals surface area contributed by atoms with E-state index in [2.05, 4.69) is 15.3 Å². The van der Waals surface area contributed by atoms with Gasteiger partial charge in [0.1, 0.15) is 12.3 Å². The fraction of sp³-hybridized carbons (Fsp3) is 0.125. The Morgan fingerprint density at radius 2 is 1.68 bits per heavy atom. The van der Waals surface area contributed by atoms with Gasteiger partial charge in [0.25, 0.3) is 15.9 Å². The first-order valence-corrected chi connectivity index (χ1v) is 11.5. The van der Waals surface area contributed by atoms with Crippen LogP contribution < -0.4 is 14.5 Å². The van der Waals surface area contributed by atoms with Gasteiger partial charge in [-0.2, -0.15) is 5.10 Å². The molecule has 3 aromatic rings. The Morgan fingerprint density at radius 1 is 0.971 bits per heavy atom. The minimum absolute atomic E-state index is 0.0415. The van der Waals surface area contributed by atoms with E-state index in [-0.39, 0.29) is 10.6 Å². The fourth-order valence-electron chi connectivity index (χ4n) is 2.97. The summed E-state index contributed by atoms with van der Waals surface area (Å²) < 4.78 is 37.4. The van der Waals surface area contributed by atoms with Crippen LogP contribution in [0, 0.1) is 0 Å². The third-order valence-electron chi connectivity index (χ3n) is 4.69. The zero-order chi connectivity index (χ0) is 24.6. The van der Waals surface area contributed by atoms with Crippen molar-refractivity contribution in [1.82, 2.24) is 5.43 Å². The molecule has 9 nitrogen and oxygen atoms in total. The number of benzene rings is 3. The molecule has 0 heterocycles. The number of methoxy groups -OCH3 is 2. The maximum atomic E-state index is 13.3. The summed E-state index contributed by atoms with van der Waals surface area (Å²) in [7, 11) is -1.29. The number of hydrogen-bond acceptors (Lipinski definition) is 7. The predicted molar refractivity (Wildman–Crippen MR) is 127 cm³/mol. The Kier molecular flexibility index (Phi) is 7.99. The van der Waals surface area contributed by atoms with Gasteiger partial charge in [-0.05, 0) is 42.0 Å². The second-order valence-corrected chi connectivity index (χ2v) is 8.80. The largest absolute Gasteiger partial charge is 0.497 e. The van der Waals surface area contributed by atoms with Crippen molar-refractivity contribution in [2.24, 2.45) is 5.10 Å². The molecular formula is C24H23N3O6S. The predicted octanol–water partition coefficient (Wildman–Crippen LogP) is 2.83. The molecule has 0 unspecified atom stereocenters. The molecule has 0 atom stereocenters. The normalized spacial score (nSPS) is 11.1. The SMILES string of the molecule is COC(=O)c1ccc(/C=N\NC(=O)CN(c2cccc(OC)c2)S(=O)(=O)c2ccccc2)cc1. The number of carbonyl (C=O) groups is 2. The molecule has 0 spiro atoms. The highest BCUT2D eigenvalue weighted by Crippen LogP contribution is 2.26. The highest BCUT2D eigenvalue weighted by molar-refractivity contribution is 7.92. The van der Waals surface area contributed by atoms with E-state index in [0.29, 0.717) is 16.9 Å². The van der Waals surface area contributed by atoms with Gasteiger partial charge in [-0.3, -0.25) is 9.10 Å². The number of anilines is 1. The van der Waals surface area contributed by atoms with Gasteiger partial charge in [0.15, 0.2) is 0 Å². The second-order valence-electron chi connectivity index (χ2n) is 6.93. The number of ether oxygens (including phenoxy) is 2. The van der Waals surface area contributed by atoms with Crippen molar-refractivity contribution < 1.29 is 27.5 Å². The monoisotopic (exact) mass is 481 g/mol. The summed E-state index contributed by atoms with van der Waals surface area (Å²) in [5.41, 5.74) is 3.60. The lowest BCUT2D eigenvalue weighted by atomic mass is 10.1. The van der Waals surface area contributed by atoms with E-state index in [1.165, 1.54) is 38.6 Å². The molecule has 3 aromatic carbocycles. The van der Waals surface area contributed by atoms with Crippen LogP contribution >= 0.6 is 0 Å². The first-order valence-electron chi connectivity index (χ1n) is 10.1. The molecular weight excluding hydrogens is 458 g/mol. The lowest BCUT2D eigenvalue weighted by Crippen LogP contribution is -2.39. The van der Waals surface area contributed by atoms with Crippen LogP contribution in [0.25, 0.3) is 0 Å². The van der Waals surface area contributed by atoms with Crippen LogP contribution in [0.3, 0.4) is 0 Å². The lowest BCUT2D eigenvalue weighted by Gasteiger charge is -2.24. The quantitative estimate of drug-likeness (QED) is 0.286. The van der Waals surface area contributed by atoms with Gasteiger partial charge in [0, 0.05) is 6.07 Å². The topological polar surface area (TPSA) is 114 Å². The van der Waals surface area contributed by atoms with Crippen LogP contribution in [0.1, 0.15) is 15.9 Å². The average molecular weight is 482 g/mol. The van der Waals surface area contributed by atoms with Crippen molar-refractivity contribution >= 4 is 33.8 Å². The molecule has 0 aromatic heterocycles. The number of sulfonamides is 1. The van der Waals surface area contributed by atoms with Gasteiger partial charge in [-0.15, -0.1) is 0 Å². The third-order valence-corrected chi connectivity index (χ3v) is 6.48.